The topological polar surface area (TPSA) is 104 Å². The third-order valence-electron chi connectivity index (χ3n) is 2.23. The second-order valence-corrected chi connectivity index (χ2v) is 4.31. The molecule has 0 bridgehead atoms. The van der Waals surface area contributed by atoms with Crippen molar-refractivity contribution in [3.63, 3.8) is 0 Å². The van der Waals surface area contributed by atoms with E-state index in [1.807, 2.05) is 0 Å². The molecule has 0 aromatic heterocycles. The molecule has 3 N–H and O–H groups in total. The summed E-state index contributed by atoms with van der Waals surface area (Å²) in [6.45, 7) is 4.45. The molecule has 0 aliphatic rings. The van der Waals surface area contributed by atoms with Crippen molar-refractivity contribution < 1.29 is 24.6 Å². The van der Waals surface area contributed by atoms with E-state index in [0.29, 0.717) is 0 Å². The maximum atomic E-state index is 11.2. The van der Waals surface area contributed by atoms with Gasteiger partial charge in [-0.1, -0.05) is 13.8 Å². The van der Waals surface area contributed by atoms with Gasteiger partial charge in [-0.25, -0.2) is 0 Å². The average molecular weight is 231 g/mol. The molecule has 6 heteroatoms. The molecule has 1 amide bonds. The summed E-state index contributed by atoms with van der Waals surface area (Å²) in [6, 6.07) is 0. The van der Waals surface area contributed by atoms with Gasteiger partial charge in [-0.15, -0.1) is 0 Å². The zero-order chi connectivity index (χ0) is 12.9. The van der Waals surface area contributed by atoms with Gasteiger partial charge in [-0.2, -0.15) is 0 Å². The number of carboxylic acids is 2. The lowest BCUT2D eigenvalue weighted by Crippen LogP contribution is -2.43. The van der Waals surface area contributed by atoms with Crippen molar-refractivity contribution in [2.45, 2.75) is 27.2 Å². The second-order valence-electron chi connectivity index (χ2n) is 4.31. The van der Waals surface area contributed by atoms with Crippen molar-refractivity contribution in [3.8, 4) is 0 Å². The van der Waals surface area contributed by atoms with Gasteiger partial charge in [-0.3, -0.25) is 14.4 Å². The second kappa shape index (κ2) is 5.48. The van der Waals surface area contributed by atoms with Crippen LogP contribution in [0.5, 0.6) is 0 Å². The summed E-state index contributed by atoms with van der Waals surface area (Å²) in [6.07, 6.45) is -0.527. The molecule has 92 valence electrons. The van der Waals surface area contributed by atoms with Crippen LogP contribution in [0.15, 0.2) is 0 Å². The highest BCUT2D eigenvalue weighted by molar-refractivity contribution is 5.83. The number of hydrogen-bond acceptors (Lipinski definition) is 3. The Hall–Kier alpha value is -1.59. The lowest BCUT2D eigenvalue weighted by molar-refractivity contribution is -0.154. The molecular formula is C10H17NO5. The molecule has 16 heavy (non-hydrogen) atoms. The van der Waals surface area contributed by atoms with Gasteiger partial charge in [0, 0.05) is 12.5 Å². The molecule has 1 atom stereocenters. The predicted molar refractivity (Wildman–Crippen MR) is 55.8 cm³/mol. The molecule has 0 aromatic rings. The van der Waals surface area contributed by atoms with E-state index < -0.39 is 23.8 Å². The van der Waals surface area contributed by atoms with Crippen LogP contribution in [-0.4, -0.2) is 34.6 Å². The third-order valence-corrected chi connectivity index (χ3v) is 2.23. The number of carboxylic acid groups (broad SMARTS) is 2. The summed E-state index contributed by atoms with van der Waals surface area (Å²) >= 11 is 0. The predicted octanol–water partition coefficient (Wildman–Crippen LogP) is 0.324. The standard InChI is InChI=1S/C10H17NO5/c1-6(2)8(14)11-5-10(3,9(15)16)4-7(12)13/h6H,4-5H2,1-3H3,(H,11,14)(H,12,13)(H,15,16). The normalized spacial score (nSPS) is 14.2. The van der Waals surface area contributed by atoms with Gasteiger partial charge in [0.25, 0.3) is 0 Å². The van der Waals surface area contributed by atoms with E-state index in [-0.39, 0.29) is 18.4 Å². The number of amides is 1. The first-order valence-corrected chi connectivity index (χ1v) is 4.92. The summed E-state index contributed by atoms with van der Waals surface area (Å²) < 4.78 is 0. The molecular weight excluding hydrogens is 214 g/mol. The van der Waals surface area contributed by atoms with Crippen LogP contribution >= 0.6 is 0 Å². The van der Waals surface area contributed by atoms with Gasteiger partial charge in [0.05, 0.1) is 11.8 Å². The number of carbonyl (C=O) groups is 3. The molecule has 0 radical (unpaired) electrons. The molecule has 0 saturated heterocycles. The summed E-state index contributed by atoms with van der Waals surface area (Å²) in [5, 5.41) is 19.9. The first-order valence-electron chi connectivity index (χ1n) is 4.92. The van der Waals surface area contributed by atoms with Crippen LogP contribution in [0, 0.1) is 11.3 Å². The van der Waals surface area contributed by atoms with Crippen molar-refractivity contribution >= 4 is 17.8 Å². The molecule has 0 aliphatic heterocycles. The Morgan fingerprint density at radius 2 is 1.75 bits per heavy atom. The first kappa shape index (κ1) is 14.4. The minimum atomic E-state index is -1.48. The SMILES string of the molecule is CC(C)C(=O)NCC(C)(CC(=O)O)C(=O)O. The van der Waals surface area contributed by atoms with Crippen molar-refractivity contribution in [1.82, 2.24) is 5.32 Å². The van der Waals surface area contributed by atoms with Gasteiger partial charge in [0.1, 0.15) is 0 Å². The molecule has 1 unspecified atom stereocenters. The van der Waals surface area contributed by atoms with Gasteiger partial charge in [0.2, 0.25) is 5.91 Å². The Labute approximate surface area is 93.6 Å². The Morgan fingerprint density at radius 1 is 1.25 bits per heavy atom. The highest BCUT2D eigenvalue weighted by Crippen LogP contribution is 2.20. The minimum Gasteiger partial charge on any atom is -0.481 e. The summed E-state index contributed by atoms with van der Waals surface area (Å²) in [5.74, 6) is -3.00. The van der Waals surface area contributed by atoms with E-state index in [0.717, 1.165) is 0 Å². The van der Waals surface area contributed by atoms with Crippen LogP contribution in [0.25, 0.3) is 0 Å². The molecule has 0 heterocycles. The molecule has 6 nitrogen and oxygen atoms in total. The largest absolute Gasteiger partial charge is 0.481 e. The van der Waals surface area contributed by atoms with Crippen LogP contribution in [0.2, 0.25) is 0 Å². The Balaban J connectivity index is 4.52. The van der Waals surface area contributed by atoms with E-state index >= 15 is 0 Å². The fourth-order valence-electron chi connectivity index (χ4n) is 1.03. The highest BCUT2D eigenvalue weighted by atomic mass is 16.4. The molecule has 0 spiro atoms. The Morgan fingerprint density at radius 3 is 2.06 bits per heavy atom. The van der Waals surface area contributed by atoms with Crippen LogP contribution in [-0.2, 0) is 14.4 Å². The smallest absolute Gasteiger partial charge is 0.311 e. The summed E-state index contributed by atoms with van der Waals surface area (Å²) in [4.78, 5) is 32.7. The van der Waals surface area contributed by atoms with Crippen molar-refractivity contribution in [2.75, 3.05) is 6.54 Å². The average Bonchev–Trinajstić information content (AvgIpc) is 2.12. The van der Waals surface area contributed by atoms with E-state index in [4.69, 9.17) is 10.2 Å². The third kappa shape index (κ3) is 4.29. The highest BCUT2D eigenvalue weighted by Gasteiger charge is 2.36. The van der Waals surface area contributed by atoms with Crippen molar-refractivity contribution in [1.29, 1.82) is 0 Å². The maximum absolute atomic E-state index is 11.2. The zero-order valence-corrected chi connectivity index (χ0v) is 9.61. The van der Waals surface area contributed by atoms with Crippen molar-refractivity contribution in [3.05, 3.63) is 0 Å². The number of hydrogen-bond donors (Lipinski definition) is 3. The summed E-state index contributed by atoms with van der Waals surface area (Å²) in [7, 11) is 0. The fraction of sp³-hybridized carbons (Fsp3) is 0.700. The van der Waals surface area contributed by atoms with Crippen LogP contribution in [0.4, 0.5) is 0 Å². The van der Waals surface area contributed by atoms with Crippen LogP contribution < -0.4 is 5.32 Å². The number of carbonyl (C=O) groups excluding carboxylic acids is 1. The monoisotopic (exact) mass is 231 g/mol. The fourth-order valence-corrected chi connectivity index (χ4v) is 1.03. The van der Waals surface area contributed by atoms with Crippen molar-refractivity contribution in [2.24, 2.45) is 11.3 Å². The molecule has 0 rings (SSSR count). The van der Waals surface area contributed by atoms with E-state index in [2.05, 4.69) is 5.32 Å². The van der Waals surface area contributed by atoms with Gasteiger partial charge < -0.3 is 15.5 Å². The van der Waals surface area contributed by atoms with Gasteiger partial charge in [0.15, 0.2) is 0 Å². The number of rotatable bonds is 6. The lowest BCUT2D eigenvalue weighted by atomic mass is 9.86. The molecule has 0 aromatic carbocycles. The van der Waals surface area contributed by atoms with Gasteiger partial charge in [-0.05, 0) is 6.92 Å². The van der Waals surface area contributed by atoms with Crippen LogP contribution in [0.1, 0.15) is 27.2 Å². The molecule has 0 aliphatic carbocycles. The minimum absolute atomic E-state index is 0.189. The summed E-state index contributed by atoms with van der Waals surface area (Å²) in [5.41, 5.74) is -1.48. The quantitative estimate of drug-likeness (QED) is 0.611. The Kier molecular flexibility index (Phi) is 4.94. The van der Waals surface area contributed by atoms with E-state index in [9.17, 15) is 14.4 Å². The zero-order valence-electron chi connectivity index (χ0n) is 9.61. The molecule has 0 fully saturated rings. The number of aliphatic carboxylic acids is 2. The lowest BCUT2D eigenvalue weighted by Gasteiger charge is -2.23. The van der Waals surface area contributed by atoms with E-state index in [1.165, 1.54) is 6.92 Å². The molecule has 0 saturated carbocycles. The van der Waals surface area contributed by atoms with Crippen LogP contribution in [0.3, 0.4) is 0 Å². The number of nitrogens with one attached hydrogen (secondary N) is 1. The Bertz CT molecular complexity index is 300. The van der Waals surface area contributed by atoms with E-state index in [1.54, 1.807) is 13.8 Å². The maximum Gasteiger partial charge on any atom is 0.311 e. The van der Waals surface area contributed by atoms with Gasteiger partial charge >= 0.3 is 11.9 Å². The first-order chi connectivity index (χ1) is 7.19.